The predicted octanol–water partition coefficient (Wildman–Crippen LogP) is 2.32. The number of benzene rings is 2. The molecule has 0 heterocycles. The van der Waals surface area contributed by atoms with Gasteiger partial charge in [-0.2, -0.15) is 13.7 Å². The third kappa shape index (κ3) is 3.74. The summed E-state index contributed by atoms with van der Waals surface area (Å²) in [5.74, 6) is 0. The molecular weight excluding hydrogens is 294 g/mol. The highest BCUT2D eigenvalue weighted by Gasteiger charge is 2.12. The molecule has 0 spiro atoms. The second kappa shape index (κ2) is 5.96. The molecule has 5 nitrogen and oxygen atoms in total. The normalized spacial score (nSPS) is 10.8. The first-order valence-corrected chi connectivity index (χ1v) is 7.92. The number of nitrogens with two attached hydrogens (primary N) is 1. The van der Waals surface area contributed by atoms with Crippen LogP contribution in [0, 0.1) is 11.3 Å². The molecule has 3 N–H and O–H groups in total. The van der Waals surface area contributed by atoms with Crippen molar-refractivity contribution >= 4 is 27.7 Å². The minimum absolute atomic E-state index is 0.177. The number of hydrogen-bond acceptors (Lipinski definition) is 4. The minimum Gasteiger partial charge on any atom is -0.270 e. The maximum atomic E-state index is 11.1. The Labute approximate surface area is 121 Å². The number of rotatable bonds is 4. The van der Waals surface area contributed by atoms with Crippen LogP contribution < -0.4 is 9.86 Å². The van der Waals surface area contributed by atoms with E-state index in [4.69, 9.17) is 5.14 Å². The number of nitrogens with one attached hydrogen (secondary N) is 1. The second-order valence-corrected chi connectivity index (χ2v) is 6.26. The molecule has 7 heteroatoms. The van der Waals surface area contributed by atoms with Crippen LogP contribution in [0.2, 0.25) is 0 Å². The summed E-state index contributed by atoms with van der Waals surface area (Å²) >= 11 is 1.38. The Morgan fingerprint density at radius 2 is 1.80 bits per heavy atom. The summed E-state index contributed by atoms with van der Waals surface area (Å²) in [4.78, 5) is 1.61. The van der Waals surface area contributed by atoms with Gasteiger partial charge in [-0.05, 0) is 24.3 Å². The fourth-order valence-corrected chi connectivity index (χ4v) is 3.01. The minimum atomic E-state index is -3.91. The molecule has 0 aliphatic rings. The Bertz CT molecular complexity index is 753. The average molecular weight is 305 g/mol. The highest BCUT2D eigenvalue weighted by atomic mass is 32.2. The van der Waals surface area contributed by atoms with Crippen LogP contribution in [0.1, 0.15) is 5.56 Å². The summed E-state index contributed by atoms with van der Waals surface area (Å²) in [7, 11) is -3.91. The number of nitriles is 1. The van der Waals surface area contributed by atoms with E-state index < -0.39 is 10.2 Å². The topological polar surface area (TPSA) is 96.0 Å². The fourth-order valence-electron chi connectivity index (χ4n) is 1.59. The van der Waals surface area contributed by atoms with Gasteiger partial charge < -0.3 is 0 Å². The summed E-state index contributed by atoms with van der Waals surface area (Å²) < 4.78 is 24.3. The van der Waals surface area contributed by atoms with Gasteiger partial charge in [-0.25, -0.2) is 5.14 Å². The van der Waals surface area contributed by atoms with Crippen molar-refractivity contribution in [1.29, 1.82) is 5.26 Å². The maximum absolute atomic E-state index is 11.1. The molecule has 0 radical (unpaired) electrons. The first kappa shape index (κ1) is 14.4. The third-order valence-electron chi connectivity index (χ3n) is 2.36. The molecule has 0 fully saturated rings. The molecule has 0 unspecified atom stereocenters. The van der Waals surface area contributed by atoms with Crippen molar-refractivity contribution in [3.05, 3.63) is 54.1 Å². The van der Waals surface area contributed by atoms with Crippen molar-refractivity contribution in [1.82, 2.24) is 0 Å². The fraction of sp³-hybridized carbons (Fsp3) is 0. The molecule has 0 saturated heterocycles. The van der Waals surface area contributed by atoms with Crippen LogP contribution in [0.4, 0.5) is 5.69 Å². The average Bonchev–Trinajstić information content (AvgIpc) is 2.38. The summed E-state index contributed by atoms with van der Waals surface area (Å²) in [6.07, 6.45) is 0. The van der Waals surface area contributed by atoms with Crippen LogP contribution in [0.15, 0.2) is 58.3 Å². The molecule has 2 rings (SSSR count). The molecule has 2 aromatic rings. The summed E-state index contributed by atoms with van der Waals surface area (Å²) in [6.45, 7) is 0. The molecule has 20 heavy (non-hydrogen) atoms. The SMILES string of the molecule is N#Cc1c(NS(N)(=O)=O)cccc1Sc1ccccc1. The quantitative estimate of drug-likeness (QED) is 0.906. The van der Waals surface area contributed by atoms with E-state index in [1.54, 1.807) is 12.1 Å². The lowest BCUT2D eigenvalue weighted by Crippen LogP contribution is -2.22. The van der Waals surface area contributed by atoms with E-state index in [1.165, 1.54) is 17.8 Å². The van der Waals surface area contributed by atoms with Crippen molar-refractivity contribution in [2.75, 3.05) is 4.72 Å². The van der Waals surface area contributed by atoms with E-state index in [2.05, 4.69) is 4.72 Å². The van der Waals surface area contributed by atoms with Crippen LogP contribution in [0.5, 0.6) is 0 Å². The van der Waals surface area contributed by atoms with Gasteiger partial charge in [0.15, 0.2) is 0 Å². The zero-order valence-corrected chi connectivity index (χ0v) is 11.9. The van der Waals surface area contributed by atoms with Crippen molar-refractivity contribution in [2.24, 2.45) is 5.14 Å². The van der Waals surface area contributed by atoms with Gasteiger partial charge in [-0.3, -0.25) is 4.72 Å². The van der Waals surface area contributed by atoms with Crippen molar-refractivity contribution in [2.45, 2.75) is 9.79 Å². The monoisotopic (exact) mass is 305 g/mol. The molecule has 0 aliphatic heterocycles. The standard InChI is InChI=1S/C13H11N3O2S2/c14-9-11-12(16-20(15,17)18)7-4-8-13(11)19-10-5-2-1-3-6-10/h1-8,16H,(H2,15,17,18). The number of anilines is 1. The zero-order chi connectivity index (χ0) is 14.6. The van der Waals surface area contributed by atoms with Gasteiger partial charge in [-0.15, -0.1) is 0 Å². The zero-order valence-electron chi connectivity index (χ0n) is 10.3. The molecule has 0 aromatic heterocycles. The van der Waals surface area contributed by atoms with Gasteiger partial charge in [0, 0.05) is 9.79 Å². The van der Waals surface area contributed by atoms with E-state index >= 15 is 0 Å². The van der Waals surface area contributed by atoms with E-state index in [9.17, 15) is 13.7 Å². The van der Waals surface area contributed by atoms with Gasteiger partial charge in [0.25, 0.3) is 10.2 Å². The lowest BCUT2D eigenvalue weighted by Gasteiger charge is -2.09. The van der Waals surface area contributed by atoms with Crippen LogP contribution in [0.25, 0.3) is 0 Å². The summed E-state index contributed by atoms with van der Waals surface area (Å²) in [5.41, 5.74) is 0.423. The van der Waals surface area contributed by atoms with Gasteiger partial charge in [0.2, 0.25) is 0 Å². The van der Waals surface area contributed by atoms with Crippen LogP contribution in [-0.2, 0) is 10.2 Å². The lowest BCUT2D eigenvalue weighted by molar-refractivity contribution is 0.603. The Morgan fingerprint density at radius 3 is 2.40 bits per heavy atom. The Hall–Kier alpha value is -2.01. The molecule has 2 aromatic carbocycles. The number of nitrogens with zero attached hydrogens (tertiary/aromatic N) is 1. The molecule has 0 amide bonds. The molecule has 0 aliphatic carbocycles. The molecular formula is C13H11N3O2S2. The first-order chi connectivity index (χ1) is 9.49. The summed E-state index contributed by atoms with van der Waals surface area (Å²) in [6, 6.07) is 16.4. The van der Waals surface area contributed by atoms with Gasteiger partial charge in [-0.1, -0.05) is 36.0 Å². The van der Waals surface area contributed by atoms with Crippen molar-refractivity contribution in [3.63, 3.8) is 0 Å². The van der Waals surface area contributed by atoms with E-state index in [0.29, 0.717) is 4.90 Å². The first-order valence-electron chi connectivity index (χ1n) is 5.56. The molecule has 0 saturated carbocycles. The smallest absolute Gasteiger partial charge is 0.270 e. The van der Waals surface area contributed by atoms with Crippen LogP contribution in [-0.4, -0.2) is 8.42 Å². The number of hydrogen-bond donors (Lipinski definition) is 2. The molecule has 0 atom stereocenters. The van der Waals surface area contributed by atoms with Crippen molar-refractivity contribution in [3.8, 4) is 6.07 Å². The van der Waals surface area contributed by atoms with E-state index in [-0.39, 0.29) is 11.3 Å². The van der Waals surface area contributed by atoms with Crippen molar-refractivity contribution < 1.29 is 8.42 Å². The Morgan fingerprint density at radius 1 is 1.10 bits per heavy atom. The Balaban J connectivity index is 2.40. The largest absolute Gasteiger partial charge is 0.296 e. The Kier molecular flexibility index (Phi) is 4.29. The van der Waals surface area contributed by atoms with E-state index in [1.807, 2.05) is 36.4 Å². The molecule has 102 valence electrons. The van der Waals surface area contributed by atoms with Crippen LogP contribution in [0.3, 0.4) is 0 Å². The highest BCUT2D eigenvalue weighted by Crippen LogP contribution is 2.33. The van der Waals surface area contributed by atoms with E-state index in [0.717, 1.165) is 4.90 Å². The molecule has 0 bridgehead atoms. The van der Waals surface area contributed by atoms with Gasteiger partial charge in [0.05, 0.1) is 11.3 Å². The second-order valence-electron chi connectivity index (χ2n) is 3.85. The maximum Gasteiger partial charge on any atom is 0.296 e. The summed E-state index contributed by atoms with van der Waals surface area (Å²) in [5, 5.41) is 14.2. The third-order valence-corrected chi connectivity index (χ3v) is 3.93. The highest BCUT2D eigenvalue weighted by molar-refractivity contribution is 7.99. The lowest BCUT2D eigenvalue weighted by atomic mass is 10.2. The predicted molar refractivity (Wildman–Crippen MR) is 78.5 cm³/mol. The van der Waals surface area contributed by atoms with Crippen LogP contribution >= 0.6 is 11.8 Å². The van der Waals surface area contributed by atoms with Gasteiger partial charge >= 0.3 is 0 Å². The van der Waals surface area contributed by atoms with Gasteiger partial charge in [0.1, 0.15) is 6.07 Å².